The van der Waals surface area contributed by atoms with E-state index in [0.29, 0.717) is 0 Å². The van der Waals surface area contributed by atoms with Crippen LogP contribution in [0.3, 0.4) is 0 Å². The molecule has 1 aromatic carbocycles. The summed E-state index contributed by atoms with van der Waals surface area (Å²) in [5.74, 6) is 0.909. The molecule has 0 bridgehead atoms. The fourth-order valence-electron chi connectivity index (χ4n) is 3.51. The van der Waals surface area contributed by atoms with Crippen LogP contribution in [0.25, 0.3) is 5.69 Å². The number of nitrogens with zero attached hydrogens (tertiary/aromatic N) is 6. The van der Waals surface area contributed by atoms with Crippen LogP contribution in [0, 0.1) is 0 Å². The maximum absolute atomic E-state index is 4.22. The zero-order valence-corrected chi connectivity index (χ0v) is 14.5. The minimum atomic E-state index is 0. The third kappa shape index (κ3) is 3.75. The van der Waals surface area contributed by atoms with Crippen molar-refractivity contribution in [2.75, 3.05) is 39.3 Å². The summed E-state index contributed by atoms with van der Waals surface area (Å²) in [4.78, 5) is 5.07. The van der Waals surface area contributed by atoms with Crippen molar-refractivity contribution in [2.45, 2.75) is 19.0 Å². The molecule has 0 aliphatic carbocycles. The SMILES string of the molecule is Cl.c1ccc(-n2nnnc2CN2CCN(C3CCNC3)CC2)cc1. The number of rotatable bonds is 4. The van der Waals surface area contributed by atoms with Crippen LogP contribution in [0.5, 0.6) is 0 Å². The first-order chi connectivity index (χ1) is 11.4. The monoisotopic (exact) mass is 349 g/mol. The van der Waals surface area contributed by atoms with Crippen LogP contribution in [0.1, 0.15) is 12.2 Å². The molecule has 24 heavy (non-hydrogen) atoms. The number of halogens is 1. The van der Waals surface area contributed by atoms with Gasteiger partial charge in [0.05, 0.1) is 12.2 Å². The van der Waals surface area contributed by atoms with Gasteiger partial charge < -0.3 is 5.32 Å². The summed E-state index contributed by atoms with van der Waals surface area (Å²) in [5.41, 5.74) is 1.02. The molecule has 0 saturated carbocycles. The average molecular weight is 350 g/mol. The molecule has 7 nitrogen and oxygen atoms in total. The predicted octanol–water partition coefficient (Wildman–Crippen LogP) is 0.564. The van der Waals surface area contributed by atoms with Gasteiger partial charge in [-0.25, -0.2) is 0 Å². The van der Waals surface area contributed by atoms with Gasteiger partial charge in [0.25, 0.3) is 0 Å². The summed E-state index contributed by atoms with van der Waals surface area (Å²) in [5, 5.41) is 15.7. The minimum Gasteiger partial charge on any atom is -0.315 e. The zero-order chi connectivity index (χ0) is 15.5. The molecule has 1 atom stereocenters. The van der Waals surface area contributed by atoms with E-state index >= 15 is 0 Å². The van der Waals surface area contributed by atoms with Crippen LogP contribution in [0.2, 0.25) is 0 Å². The van der Waals surface area contributed by atoms with E-state index in [2.05, 4.69) is 30.6 Å². The second-order valence-electron chi connectivity index (χ2n) is 6.30. The first kappa shape index (κ1) is 17.3. The highest BCUT2D eigenvalue weighted by molar-refractivity contribution is 5.85. The number of hydrogen-bond donors (Lipinski definition) is 1. The molecular formula is C16H24ClN7. The molecule has 1 N–H and O–H groups in total. The molecule has 4 rings (SSSR count). The molecule has 0 radical (unpaired) electrons. The Morgan fingerprint density at radius 2 is 1.88 bits per heavy atom. The van der Waals surface area contributed by atoms with Gasteiger partial charge in [-0.2, -0.15) is 4.68 Å². The van der Waals surface area contributed by atoms with Crippen LogP contribution in [-0.2, 0) is 6.54 Å². The predicted molar refractivity (Wildman–Crippen MR) is 94.5 cm³/mol. The number of benzene rings is 1. The number of tetrazole rings is 1. The molecule has 2 fully saturated rings. The molecule has 2 aliphatic rings. The van der Waals surface area contributed by atoms with Gasteiger partial charge in [0, 0.05) is 38.8 Å². The Kier molecular flexibility index (Phi) is 5.78. The van der Waals surface area contributed by atoms with Gasteiger partial charge in [0.1, 0.15) is 0 Å². The molecule has 0 amide bonds. The van der Waals surface area contributed by atoms with Gasteiger partial charge in [-0.3, -0.25) is 9.80 Å². The normalized spacial score (nSPS) is 22.4. The Labute approximate surface area is 148 Å². The highest BCUT2D eigenvalue weighted by Crippen LogP contribution is 2.14. The average Bonchev–Trinajstić information content (AvgIpc) is 3.28. The molecule has 2 saturated heterocycles. The maximum atomic E-state index is 4.22. The van der Waals surface area contributed by atoms with Gasteiger partial charge in [-0.15, -0.1) is 17.5 Å². The molecule has 2 aliphatic heterocycles. The fourth-order valence-corrected chi connectivity index (χ4v) is 3.51. The van der Waals surface area contributed by atoms with Crippen LogP contribution in [-0.4, -0.2) is 75.3 Å². The van der Waals surface area contributed by atoms with Crippen molar-refractivity contribution in [1.82, 2.24) is 35.3 Å². The summed E-state index contributed by atoms with van der Waals surface area (Å²) in [6.45, 7) is 7.55. The van der Waals surface area contributed by atoms with Gasteiger partial charge in [0.15, 0.2) is 5.82 Å². The Hall–Kier alpha value is -1.54. The molecule has 8 heteroatoms. The van der Waals surface area contributed by atoms with E-state index in [1.165, 1.54) is 6.42 Å². The molecular weight excluding hydrogens is 326 g/mol. The summed E-state index contributed by atoms with van der Waals surface area (Å²) < 4.78 is 1.84. The van der Waals surface area contributed by atoms with E-state index < -0.39 is 0 Å². The van der Waals surface area contributed by atoms with E-state index in [9.17, 15) is 0 Å². The lowest BCUT2D eigenvalue weighted by Crippen LogP contribution is -2.50. The number of para-hydroxylation sites is 1. The topological polar surface area (TPSA) is 62.1 Å². The molecule has 130 valence electrons. The van der Waals surface area contributed by atoms with Crippen LogP contribution < -0.4 is 5.32 Å². The van der Waals surface area contributed by atoms with E-state index in [-0.39, 0.29) is 12.4 Å². The Morgan fingerprint density at radius 1 is 1.08 bits per heavy atom. The van der Waals surface area contributed by atoms with E-state index in [4.69, 9.17) is 0 Å². The zero-order valence-electron chi connectivity index (χ0n) is 13.7. The number of hydrogen-bond acceptors (Lipinski definition) is 6. The highest BCUT2D eigenvalue weighted by Gasteiger charge is 2.26. The summed E-state index contributed by atoms with van der Waals surface area (Å²) in [6.07, 6.45) is 1.28. The number of piperazine rings is 1. The van der Waals surface area contributed by atoms with Crippen molar-refractivity contribution in [2.24, 2.45) is 0 Å². The first-order valence-electron chi connectivity index (χ1n) is 8.40. The summed E-state index contributed by atoms with van der Waals surface area (Å²) >= 11 is 0. The van der Waals surface area contributed by atoms with Crippen LogP contribution in [0.4, 0.5) is 0 Å². The Morgan fingerprint density at radius 3 is 2.58 bits per heavy atom. The van der Waals surface area contributed by atoms with Gasteiger partial charge in [-0.05, 0) is 35.5 Å². The number of nitrogens with one attached hydrogen (secondary N) is 1. The third-order valence-corrected chi connectivity index (χ3v) is 4.86. The molecule has 0 spiro atoms. The van der Waals surface area contributed by atoms with Crippen molar-refractivity contribution in [3.63, 3.8) is 0 Å². The lowest BCUT2D eigenvalue weighted by atomic mass is 10.2. The van der Waals surface area contributed by atoms with Crippen molar-refractivity contribution in [3.05, 3.63) is 36.2 Å². The second kappa shape index (κ2) is 8.02. The van der Waals surface area contributed by atoms with Gasteiger partial charge >= 0.3 is 0 Å². The smallest absolute Gasteiger partial charge is 0.170 e. The van der Waals surface area contributed by atoms with E-state index in [1.54, 1.807) is 0 Å². The van der Waals surface area contributed by atoms with Gasteiger partial charge in [0.2, 0.25) is 0 Å². The fraction of sp³-hybridized carbons (Fsp3) is 0.562. The Balaban J connectivity index is 0.00000169. The lowest BCUT2D eigenvalue weighted by molar-refractivity contribution is 0.0960. The quantitative estimate of drug-likeness (QED) is 0.870. The van der Waals surface area contributed by atoms with Crippen molar-refractivity contribution in [3.8, 4) is 5.69 Å². The largest absolute Gasteiger partial charge is 0.315 e. The van der Waals surface area contributed by atoms with Crippen LogP contribution >= 0.6 is 12.4 Å². The van der Waals surface area contributed by atoms with E-state index in [0.717, 1.165) is 63.4 Å². The molecule has 3 heterocycles. The van der Waals surface area contributed by atoms with Crippen LogP contribution in [0.15, 0.2) is 30.3 Å². The first-order valence-corrected chi connectivity index (χ1v) is 8.40. The van der Waals surface area contributed by atoms with Crippen molar-refractivity contribution < 1.29 is 0 Å². The van der Waals surface area contributed by atoms with Gasteiger partial charge in [-0.1, -0.05) is 18.2 Å². The van der Waals surface area contributed by atoms with Crippen molar-refractivity contribution >= 4 is 12.4 Å². The molecule has 1 unspecified atom stereocenters. The minimum absolute atomic E-state index is 0. The maximum Gasteiger partial charge on any atom is 0.170 e. The molecule has 2 aromatic rings. The molecule has 1 aromatic heterocycles. The standard InChI is InChI=1S/C16H23N7.ClH/c1-2-4-14(5-3-1)23-16(18-19-20-23)13-21-8-10-22(11-9-21)15-6-7-17-12-15;/h1-5,15,17H,6-13H2;1H. The third-order valence-electron chi connectivity index (χ3n) is 4.86. The van der Waals surface area contributed by atoms with E-state index in [1.807, 2.05) is 35.0 Å². The highest BCUT2D eigenvalue weighted by atomic mass is 35.5. The Bertz CT molecular complexity index is 618. The second-order valence-corrected chi connectivity index (χ2v) is 6.30. The lowest BCUT2D eigenvalue weighted by Gasteiger charge is -2.37. The number of aromatic nitrogens is 4. The van der Waals surface area contributed by atoms with Crippen molar-refractivity contribution in [1.29, 1.82) is 0 Å². The summed E-state index contributed by atoms with van der Waals surface area (Å²) in [7, 11) is 0. The summed E-state index contributed by atoms with van der Waals surface area (Å²) in [6, 6.07) is 10.8.